The first-order valence-electron chi connectivity index (χ1n) is 5.73. The molecule has 0 amide bonds. The Labute approximate surface area is 95.6 Å². The van der Waals surface area contributed by atoms with E-state index in [-0.39, 0.29) is 5.54 Å². The van der Waals surface area contributed by atoms with Gasteiger partial charge in [0.2, 0.25) is 0 Å². The number of fused-ring (bicyclic) bond motifs is 2. The minimum Gasteiger partial charge on any atom is -0.481 e. The minimum atomic E-state index is -2.37. The maximum absolute atomic E-state index is 11.1. The molecule has 2 fully saturated rings. The van der Waals surface area contributed by atoms with Crippen LogP contribution in [-0.4, -0.2) is 37.1 Å². The van der Waals surface area contributed by atoms with Crippen molar-refractivity contribution in [1.29, 1.82) is 0 Å². The van der Waals surface area contributed by atoms with Gasteiger partial charge in [0.15, 0.2) is 6.29 Å². The lowest BCUT2D eigenvalue weighted by atomic mass is 9.97. The first kappa shape index (κ1) is 12.0. The second-order valence-electron chi connectivity index (χ2n) is 4.89. The Kier molecular flexibility index (Phi) is 3.09. The van der Waals surface area contributed by atoms with E-state index in [1.807, 2.05) is 13.8 Å². The lowest BCUT2D eigenvalue weighted by molar-refractivity contribution is -0.150. The third-order valence-corrected chi connectivity index (χ3v) is 7.69. The summed E-state index contributed by atoms with van der Waals surface area (Å²) in [6, 6.07) is 0.780. The second kappa shape index (κ2) is 4.10. The van der Waals surface area contributed by atoms with Gasteiger partial charge in [0, 0.05) is 0 Å². The number of carboxylic acid groups (broad SMARTS) is 1. The molecule has 0 saturated carbocycles. The molecule has 16 heavy (non-hydrogen) atoms. The van der Waals surface area contributed by atoms with E-state index in [0.717, 1.165) is 12.5 Å². The first-order chi connectivity index (χ1) is 7.46. The third kappa shape index (κ3) is 1.79. The van der Waals surface area contributed by atoms with Crippen LogP contribution in [0.1, 0.15) is 26.7 Å². The Morgan fingerprint density at radius 2 is 2.12 bits per heavy atom. The van der Waals surface area contributed by atoms with Crippen LogP contribution in [0, 0.1) is 5.92 Å². The van der Waals surface area contributed by atoms with Crippen molar-refractivity contribution in [1.82, 2.24) is 0 Å². The van der Waals surface area contributed by atoms with Crippen LogP contribution < -0.4 is 0 Å². The molecule has 4 unspecified atom stereocenters. The number of rotatable bonds is 2. The minimum absolute atomic E-state index is 0.236. The smallest absolute Gasteiger partial charge is 0.343 e. The monoisotopic (exact) mass is 246 g/mol. The lowest BCUT2D eigenvalue weighted by Gasteiger charge is -2.26. The van der Waals surface area contributed by atoms with Crippen LogP contribution in [0.5, 0.6) is 0 Å². The van der Waals surface area contributed by atoms with E-state index in [1.54, 1.807) is 0 Å². The first-order valence-corrected chi connectivity index (χ1v) is 7.83. The summed E-state index contributed by atoms with van der Waals surface area (Å²) in [6.45, 7) is 4.03. The van der Waals surface area contributed by atoms with Crippen LogP contribution in [0.2, 0.25) is 11.6 Å². The van der Waals surface area contributed by atoms with Crippen molar-refractivity contribution >= 4 is 14.5 Å². The second-order valence-corrected chi connectivity index (χ2v) is 8.64. The van der Waals surface area contributed by atoms with Crippen LogP contribution in [0.4, 0.5) is 0 Å². The molecule has 6 heteroatoms. The predicted octanol–water partition coefficient (Wildman–Crippen LogP) is 1.07. The Balaban J connectivity index is 2.25. The zero-order valence-corrected chi connectivity index (χ0v) is 10.5. The number of aliphatic carboxylic acids is 1. The highest BCUT2D eigenvalue weighted by Crippen LogP contribution is 2.43. The van der Waals surface area contributed by atoms with E-state index < -0.39 is 32.8 Å². The van der Waals surface area contributed by atoms with E-state index in [9.17, 15) is 9.90 Å². The number of aliphatic hydroxyl groups is 1. The molecule has 2 aliphatic rings. The molecular weight excluding hydrogens is 228 g/mol. The van der Waals surface area contributed by atoms with Crippen molar-refractivity contribution in [3.63, 3.8) is 0 Å². The quantitative estimate of drug-likeness (QED) is 0.713. The normalized spacial score (nSPS) is 43.4. The summed E-state index contributed by atoms with van der Waals surface area (Å²) in [6.07, 6.45) is -0.350. The van der Waals surface area contributed by atoms with Gasteiger partial charge >= 0.3 is 14.5 Å². The van der Waals surface area contributed by atoms with Gasteiger partial charge in [0.25, 0.3) is 0 Å². The molecule has 0 aromatic rings. The average Bonchev–Trinajstić information content (AvgIpc) is 2.42. The fourth-order valence-electron chi connectivity index (χ4n) is 2.54. The summed E-state index contributed by atoms with van der Waals surface area (Å²) in [5.41, 5.74) is 0.236. The molecule has 2 N–H and O–H groups in total. The highest BCUT2D eigenvalue weighted by molar-refractivity contribution is 6.69. The van der Waals surface area contributed by atoms with Crippen LogP contribution in [-0.2, 0) is 13.6 Å². The highest BCUT2D eigenvalue weighted by Gasteiger charge is 2.57. The Bertz CT molecular complexity index is 295. The molecule has 0 radical (unpaired) electrons. The molecule has 0 spiro atoms. The molecule has 5 nitrogen and oxygen atoms in total. The Morgan fingerprint density at radius 3 is 2.69 bits per heavy atom. The molecule has 2 bridgehead atoms. The molecule has 2 aliphatic heterocycles. The van der Waals surface area contributed by atoms with Gasteiger partial charge in [-0.2, -0.15) is 0 Å². The Hall–Kier alpha value is -0.433. The van der Waals surface area contributed by atoms with Gasteiger partial charge in [-0.15, -0.1) is 0 Å². The molecule has 2 rings (SSSR count). The van der Waals surface area contributed by atoms with E-state index in [4.69, 9.17) is 14.0 Å². The number of hydrogen-bond acceptors (Lipinski definition) is 4. The van der Waals surface area contributed by atoms with Gasteiger partial charge < -0.3 is 19.1 Å². The molecule has 4 atom stereocenters. The van der Waals surface area contributed by atoms with Crippen LogP contribution in [0.3, 0.4) is 0 Å². The standard InChI is InChI=1S/C10H18O5Si/c1-6(2)16-5-3-4-7(9(11)12)8(14-16)10(13)15-16/h6-8,10,13H,3-5H2,1-2H3,(H,11,12). The third-order valence-electron chi connectivity index (χ3n) is 3.57. The summed E-state index contributed by atoms with van der Waals surface area (Å²) in [5, 5.41) is 18.9. The fourth-order valence-corrected chi connectivity index (χ4v) is 5.94. The molecule has 0 aromatic heterocycles. The molecule has 2 saturated heterocycles. The van der Waals surface area contributed by atoms with Gasteiger partial charge in [-0.3, -0.25) is 4.79 Å². The van der Waals surface area contributed by atoms with Crippen molar-refractivity contribution in [2.24, 2.45) is 5.92 Å². The summed E-state index contributed by atoms with van der Waals surface area (Å²) in [4.78, 5) is 11.1. The Morgan fingerprint density at radius 1 is 1.44 bits per heavy atom. The van der Waals surface area contributed by atoms with Crippen molar-refractivity contribution in [2.45, 2.75) is 50.7 Å². The number of carboxylic acids is 1. The van der Waals surface area contributed by atoms with Gasteiger partial charge in [-0.25, -0.2) is 0 Å². The van der Waals surface area contributed by atoms with Gasteiger partial charge in [0.1, 0.15) is 6.10 Å². The largest absolute Gasteiger partial charge is 0.481 e. The summed E-state index contributed by atoms with van der Waals surface area (Å²) >= 11 is 0. The van der Waals surface area contributed by atoms with Gasteiger partial charge in [-0.05, 0) is 18.0 Å². The van der Waals surface area contributed by atoms with E-state index in [0.29, 0.717) is 6.42 Å². The maximum atomic E-state index is 11.1. The van der Waals surface area contributed by atoms with E-state index >= 15 is 0 Å². The predicted molar refractivity (Wildman–Crippen MR) is 58.0 cm³/mol. The van der Waals surface area contributed by atoms with Gasteiger partial charge in [0.05, 0.1) is 5.92 Å². The molecule has 92 valence electrons. The van der Waals surface area contributed by atoms with Crippen LogP contribution in [0.15, 0.2) is 0 Å². The average molecular weight is 246 g/mol. The van der Waals surface area contributed by atoms with Crippen LogP contribution >= 0.6 is 0 Å². The van der Waals surface area contributed by atoms with Crippen molar-refractivity contribution < 1.29 is 23.9 Å². The molecule has 0 aliphatic carbocycles. The van der Waals surface area contributed by atoms with E-state index in [2.05, 4.69) is 0 Å². The van der Waals surface area contributed by atoms with Crippen LogP contribution in [0.25, 0.3) is 0 Å². The maximum Gasteiger partial charge on any atom is 0.343 e. The van der Waals surface area contributed by atoms with Crippen molar-refractivity contribution in [3.05, 3.63) is 0 Å². The molecular formula is C10H18O5Si. The fraction of sp³-hybridized carbons (Fsp3) is 0.900. The summed E-state index contributed by atoms with van der Waals surface area (Å²) in [7, 11) is -2.37. The van der Waals surface area contributed by atoms with Crippen molar-refractivity contribution in [3.8, 4) is 0 Å². The van der Waals surface area contributed by atoms with E-state index in [1.165, 1.54) is 0 Å². The lowest BCUT2D eigenvalue weighted by Crippen LogP contribution is -2.40. The SMILES string of the molecule is CC(C)[Si]12CCCC(C(=O)O)C(O1)C(O)O2. The summed E-state index contributed by atoms with van der Waals surface area (Å²) in [5.74, 6) is -1.53. The van der Waals surface area contributed by atoms with Gasteiger partial charge in [-0.1, -0.05) is 20.3 Å². The number of carbonyl (C=O) groups is 1. The summed E-state index contributed by atoms with van der Waals surface area (Å²) < 4.78 is 11.4. The zero-order valence-electron chi connectivity index (χ0n) is 9.55. The highest BCUT2D eigenvalue weighted by atomic mass is 28.4. The zero-order chi connectivity index (χ0) is 11.9. The molecule has 2 heterocycles. The number of aliphatic hydroxyl groups excluding tert-OH is 1. The van der Waals surface area contributed by atoms with Crippen molar-refractivity contribution in [2.75, 3.05) is 0 Å². The topological polar surface area (TPSA) is 76.0 Å². The number of hydrogen-bond donors (Lipinski definition) is 2. The molecule has 0 aromatic carbocycles.